The summed E-state index contributed by atoms with van der Waals surface area (Å²) in [6.45, 7) is 1.93. The zero-order chi connectivity index (χ0) is 20.3. The predicted octanol–water partition coefficient (Wildman–Crippen LogP) is 5.59. The van der Waals surface area contributed by atoms with Crippen LogP contribution in [0.25, 0.3) is 17.0 Å². The van der Waals surface area contributed by atoms with Gasteiger partial charge in [0.2, 0.25) is 0 Å². The number of nitrogens with zero attached hydrogens (tertiary/aromatic N) is 3. The van der Waals surface area contributed by atoms with Crippen molar-refractivity contribution in [3.05, 3.63) is 64.0 Å². The molecule has 0 aliphatic heterocycles. The second kappa shape index (κ2) is 7.77. The van der Waals surface area contributed by atoms with E-state index in [0.717, 1.165) is 22.5 Å². The van der Waals surface area contributed by atoms with Gasteiger partial charge in [-0.1, -0.05) is 35.9 Å². The van der Waals surface area contributed by atoms with Gasteiger partial charge < -0.3 is 5.11 Å². The highest BCUT2D eigenvalue weighted by molar-refractivity contribution is 7.11. The van der Waals surface area contributed by atoms with Gasteiger partial charge in [0.15, 0.2) is 17.3 Å². The predicted molar refractivity (Wildman–Crippen MR) is 98.2 cm³/mol. The zero-order valence-electron chi connectivity index (χ0n) is 14.4. The van der Waals surface area contributed by atoms with Crippen molar-refractivity contribution in [1.82, 2.24) is 10.2 Å². The Kier molecular flexibility index (Phi) is 5.41. The van der Waals surface area contributed by atoms with E-state index >= 15 is 0 Å². The second-order valence-corrected chi connectivity index (χ2v) is 6.65. The average molecular weight is 406 g/mol. The summed E-state index contributed by atoms with van der Waals surface area (Å²) in [6, 6.07) is 11.8. The number of aryl methyl sites for hydroxylation is 1. The summed E-state index contributed by atoms with van der Waals surface area (Å²) in [5, 5.41) is 25.1. The maximum Gasteiger partial charge on any atom is 0.456 e. The molecular formula is C18H13F3N4O2S. The molecule has 10 heteroatoms. The number of azo groups is 1. The van der Waals surface area contributed by atoms with Crippen molar-refractivity contribution >= 4 is 28.7 Å². The summed E-state index contributed by atoms with van der Waals surface area (Å²) in [6.07, 6.45) is -5.21. The van der Waals surface area contributed by atoms with E-state index in [1.807, 2.05) is 31.2 Å². The lowest BCUT2D eigenvalue weighted by Crippen LogP contribution is -2.24. The third-order valence-electron chi connectivity index (χ3n) is 3.63. The van der Waals surface area contributed by atoms with Gasteiger partial charge in [-0.15, -0.1) is 21.6 Å². The quantitative estimate of drug-likeness (QED) is 0.329. The number of nitrogens with one attached hydrogen (secondary N) is 1. The highest BCUT2D eigenvalue weighted by Crippen LogP contribution is 2.29. The molecule has 0 saturated carbocycles. The van der Waals surface area contributed by atoms with Crippen LogP contribution in [0.4, 0.5) is 19.0 Å². The molecule has 0 fully saturated rings. The number of aromatic amines is 1. The van der Waals surface area contributed by atoms with E-state index in [-0.39, 0.29) is 10.7 Å². The smallest absolute Gasteiger partial charge is 0.456 e. The number of alkyl halides is 3. The number of thiophene rings is 1. The fraction of sp³-hybridized carbons (Fsp3) is 0.111. The number of hydrogen-bond donors (Lipinski definition) is 2. The van der Waals surface area contributed by atoms with Crippen LogP contribution in [0.2, 0.25) is 0 Å². The molecule has 0 amide bonds. The van der Waals surface area contributed by atoms with Crippen molar-refractivity contribution in [2.24, 2.45) is 10.2 Å². The van der Waals surface area contributed by atoms with Crippen LogP contribution in [0, 0.1) is 6.92 Å². The van der Waals surface area contributed by atoms with Crippen molar-refractivity contribution in [3.8, 4) is 11.3 Å². The number of rotatable bonds is 5. The number of hydrogen-bond acceptors (Lipinski definition) is 6. The van der Waals surface area contributed by atoms with Crippen LogP contribution in [0.3, 0.4) is 0 Å². The summed E-state index contributed by atoms with van der Waals surface area (Å²) in [7, 11) is 0. The minimum atomic E-state index is -5.21. The number of carbonyl (C=O) groups excluding carboxylic acids is 1. The van der Waals surface area contributed by atoms with Gasteiger partial charge in [-0.2, -0.15) is 18.3 Å². The van der Waals surface area contributed by atoms with Gasteiger partial charge >= 0.3 is 6.18 Å². The van der Waals surface area contributed by atoms with Gasteiger partial charge in [0.05, 0.1) is 10.6 Å². The lowest BCUT2D eigenvalue weighted by atomic mass is 10.1. The van der Waals surface area contributed by atoms with Gasteiger partial charge in [0, 0.05) is 6.07 Å². The topological polar surface area (TPSA) is 90.7 Å². The van der Waals surface area contributed by atoms with Crippen LogP contribution in [0.15, 0.2) is 63.8 Å². The molecule has 0 aliphatic carbocycles. The van der Waals surface area contributed by atoms with Crippen LogP contribution >= 0.6 is 11.3 Å². The SMILES string of the molecule is Cc1ccc(-c2cc(N=N/C(C(=O)C(F)(F)F)=C(\O)c3cccs3)n[nH]2)cc1. The number of Topliss-reactive ketones (excluding diaryl/α,β-unsaturated/α-hetero) is 1. The van der Waals surface area contributed by atoms with Crippen LogP contribution in [0.5, 0.6) is 0 Å². The lowest BCUT2D eigenvalue weighted by molar-refractivity contribution is -0.166. The third kappa shape index (κ3) is 4.34. The first kappa shape index (κ1) is 19.5. The van der Waals surface area contributed by atoms with Gasteiger partial charge in [0.1, 0.15) is 0 Å². The van der Waals surface area contributed by atoms with Crippen molar-refractivity contribution in [1.29, 1.82) is 0 Å². The number of ketones is 1. The molecule has 0 aliphatic rings. The molecule has 2 heterocycles. The van der Waals surface area contributed by atoms with E-state index in [1.54, 1.807) is 5.38 Å². The highest BCUT2D eigenvalue weighted by Gasteiger charge is 2.43. The van der Waals surface area contributed by atoms with Gasteiger partial charge in [-0.3, -0.25) is 9.89 Å². The summed E-state index contributed by atoms with van der Waals surface area (Å²) in [5.41, 5.74) is 1.23. The number of H-pyrrole nitrogens is 1. The molecule has 2 N–H and O–H groups in total. The Morgan fingerprint density at radius 1 is 1.21 bits per heavy atom. The first-order valence-electron chi connectivity index (χ1n) is 7.88. The fourth-order valence-electron chi connectivity index (χ4n) is 2.21. The minimum absolute atomic E-state index is 0.0398. The molecule has 3 rings (SSSR count). The molecule has 3 aromatic rings. The Bertz CT molecular complexity index is 1040. The average Bonchev–Trinajstić information content (AvgIpc) is 3.33. The number of allylic oxidation sites excluding steroid dienone is 1. The maximum absolute atomic E-state index is 12.9. The first-order chi connectivity index (χ1) is 13.3. The Balaban J connectivity index is 1.93. The Morgan fingerprint density at radius 3 is 2.54 bits per heavy atom. The van der Waals surface area contributed by atoms with E-state index in [1.165, 1.54) is 18.2 Å². The standard InChI is InChI=1S/C18H13F3N4O2S/c1-10-4-6-11(7-5-10)12-9-14(23-22-12)24-25-15(17(27)18(19,20)21)16(26)13-3-2-8-28-13/h2-9,26H,1H3,(H,22,23)/b16-15-,25-24?. The van der Waals surface area contributed by atoms with E-state index in [0.29, 0.717) is 5.69 Å². The molecule has 144 valence electrons. The summed E-state index contributed by atoms with van der Waals surface area (Å²) in [5.74, 6) is -3.23. The molecule has 0 atom stereocenters. The molecule has 0 spiro atoms. The Labute approximate surface area is 161 Å². The van der Waals surface area contributed by atoms with Crippen molar-refractivity contribution in [2.45, 2.75) is 13.1 Å². The normalized spacial score (nSPS) is 13.0. The number of aliphatic hydroxyl groups excluding tert-OH is 1. The fourth-order valence-corrected chi connectivity index (χ4v) is 2.88. The van der Waals surface area contributed by atoms with Crippen molar-refractivity contribution < 1.29 is 23.1 Å². The van der Waals surface area contributed by atoms with E-state index in [2.05, 4.69) is 20.4 Å². The molecule has 0 unspecified atom stereocenters. The van der Waals surface area contributed by atoms with Gasteiger partial charge in [-0.25, -0.2) is 0 Å². The Morgan fingerprint density at radius 2 is 1.93 bits per heavy atom. The highest BCUT2D eigenvalue weighted by atomic mass is 32.1. The minimum Gasteiger partial charge on any atom is -0.504 e. The van der Waals surface area contributed by atoms with Crippen molar-refractivity contribution in [2.75, 3.05) is 0 Å². The molecule has 0 bridgehead atoms. The number of benzene rings is 1. The number of aliphatic hydroxyl groups is 1. The second-order valence-electron chi connectivity index (χ2n) is 5.71. The lowest BCUT2D eigenvalue weighted by Gasteiger charge is -2.06. The first-order valence-corrected chi connectivity index (χ1v) is 8.76. The number of aromatic nitrogens is 2. The van der Waals surface area contributed by atoms with E-state index in [4.69, 9.17) is 0 Å². The van der Waals surface area contributed by atoms with E-state index in [9.17, 15) is 23.1 Å². The third-order valence-corrected chi connectivity index (χ3v) is 4.51. The van der Waals surface area contributed by atoms with Crippen LogP contribution in [-0.2, 0) is 4.79 Å². The van der Waals surface area contributed by atoms with Gasteiger partial charge in [0.25, 0.3) is 5.78 Å². The molecule has 0 saturated heterocycles. The summed E-state index contributed by atoms with van der Waals surface area (Å²) in [4.78, 5) is 11.7. The van der Waals surface area contributed by atoms with E-state index < -0.39 is 23.4 Å². The van der Waals surface area contributed by atoms with Crippen LogP contribution in [-0.4, -0.2) is 27.3 Å². The monoisotopic (exact) mass is 406 g/mol. The molecule has 28 heavy (non-hydrogen) atoms. The molecular weight excluding hydrogens is 393 g/mol. The van der Waals surface area contributed by atoms with Crippen molar-refractivity contribution in [3.63, 3.8) is 0 Å². The molecule has 0 radical (unpaired) electrons. The van der Waals surface area contributed by atoms with Gasteiger partial charge in [-0.05, 0) is 23.9 Å². The summed E-state index contributed by atoms with van der Waals surface area (Å²) >= 11 is 0.961. The number of carbonyl (C=O) groups is 1. The summed E-state index contributed by atoms with van der Waals surface area (Å²) < 4.78 is 38.6. The molecule has 1 aromatic carbocycles. The zero-order valence-corrected chi connectivity index (χ0v) is 15.2. The largest absolute Gasteiger partial charge is 0.504 e. The number of halogens is 3. The van der Waals surface area contributed by atoms with Crippen LogP contribution < -0.4 is 0 Å². The maximum atomic E-state index is 12.9. The Hall–Kier alpha value is -3.27. The van der Waals surface area contributed by atoms with Crippen LogP contribution in [0.1, 0.15) is 10.4 Å². The molecule has 2 aromatic heterocycles. The molecule has 6 nitrogen and oxygen atoms in total.